The number of pyridine rings is 1. The molecule has 2 aromatic heterocycles. The predicted molar refractivity (Wildman–Crippen MR) is 94.2 cm³/mol. The Bertz CT molecular complexity index is 756. The lowest BCUT2D eigenvalue weighted by Gasteiger charge is -2.31. The first-order valence-electron chi connectivity index (χ1n) is 8.94. The molecular weight excluding hydrogens is 314 g/mol. The fourth-order valence-corrected chi connectivity index (χ4v) is 3.66. The van der Waals surface area contributed by atoms with Crippen LogP contribution in [0.3, 0.4) is 0 Å². The van der Waals surface area contributed by atoms with E-state index in [2.05, 4.69) is 21.9 Å². The number of likely N-dealkylation sites (tertiary alicyclic amines) is 1. The molecular formula is C19H23N5O. The summed E-state index contributed by atoms with van der Waals surface area (Å²) in [5.41, 5.74) is 2.98. The fraction of sp³-hybridized carbons (Fsp3) is 0.474. The summed E-state index contributed by atoms with van der Waals surface area (Å²) in [6.45, 7) is 3.47. The van der Waals surface area contributed by atoms with Gasteiger partial charge >= 0.3 is 0 Å². The average molecular weight is 337 g/mol. The molecule has 0 aliphatic carbocycles. The van der Waals surface area contributed by atoms with E-state index < -0.39 is 0 Å². The van der Waals surface area contributed by atoms with Gasteiger partial charge in [-0.3, -0.25) is 9.78 Å². The lowest BCUT2D eigenvalue weighted by molar-refractivity contribution is 0.0705. The van der Waals surface area contributed by atoms with Crippen molar-refractivity contribution in [3.05, 3.63) is 53.4 Å². The van der Waals surface area contributed by atoms with Crippen LogP contribution in [0.4, 0.5) is 0 Å². The maximum Gasteiger partial charge on any atom is 0.272 e. The largest absolute Gasteiger partial charge is 0.337 e. The van der Waals surface area contributed by atoms with Crippen molar-refractivity contribution in [2.45, 2.75) is 31.7 Å². The Balaban J connectivity index is 1.41. The minimum absolute atomic E-state index is 0.0217. The van der Waals surface area contributed by atoms with Gasteiger partial charge in [0.25, 0.3) is 5.91 Å². The molecule has 25 heavy (non-hydrogen) atoms. The Kier molecular flexibility index (Phi) is 4.44. The van der Waals surface area contributed by atoms with Crippen molar-refractivity contribution < 1.29 is 4.79 Å². The molecule has 130 valence electrons. The SMILES string of the molecule is CN1CCc2nc(C3CCN(C(=O)c4ccccn4)CC3)ncc2C1. The molecule has 6 heteroatoms. The molecule has 2 aromatic rings. The monoisotopic (exact) mass is 337 g/mol. The summed E-state index contributed by atoms with van der Waals surface area (Å²) in [6.07, 6.45) is 6.49. The van der Waals surface area contributed by atoms with Gasteiger partial charge in [-0.15, -0.1) is 0 Å². The van der Waals surface area contributed by atoms with Crippen molar-refractivity contribution in [2.24, 2.45) is 0 Å². The number of hydrogen-bond donors (Lipinski definition) is 0. The van der Waals surface area contributed by atoms with E-state index in [9.17, 15) is 4.79 Å². The number of rotatable bonds is 2. The first kappa shape index (κ1) is 16.1. The molecule has 2 aliphatic heterocycles. The molecule has 0 bridgehead atoms. The molecule has 1 amide bonds. The van der Waals surface area contributed by atoms with Crippen LogP contribution in [0.15, 0.2) is 30.6 Å². The third-order valence-corrected chi connectivity index (χ3v) is 5.17. The standard InChI is InChI=1S/C19H23N5O/c1-23-9-7-16-15(13-23)12-21-18(22-16)14-5-10-24(11-6-14)19(25)17-4-2-3-8-20-17/h2-4,8,12,14H,5-7,9-11,13H2,1H3. The predicted octanol–water partition coefficient (Wildman–Crippen LogP) is 1.88. The van der Waals surface area contributed by atoms with E-state index in [-0.39, 0.29) is 5.91 Å². The quantitative estimate of drug-likeness (QED) is 0.837. The van der Waals surface area contributed by atoms with Crippen LogP contribution >= 0.6 is 0 Å². The molecule has 0 atom stereocenters. The van der Waals surface area contributed by atoms with Crippen LogP contribution in [0.1, 0.15) is 46.3 Å². The molecule has 0 aromatic carbocycles. The van der Waals surface area contributed by atoms with Crippen molar-refractivity contribution in [1.82, 2.24) is 24.8 Å². The maximum atomic E-state index is 12.5. The van der Waals surface area contributed by atoms with Crippen LogP contribution in [0.2, 0.25) is 0 Å². The van der Waals surface area contributed by atoms with Crippen LogP contribution in [-0.4, -0.2) is 57.3 Å². The van der Waals surface area contributed by atoms with Gasteiger partial charge < -0.3 is 9.80 Å². The van der Waals surface area contributed by atoms with Crippen molar-refractivity contribution in [3.63, 3.8) is 0 Å². The number of fused-ring (bicyclic) bond motifs is 1. The van der Waals surface area contributed by atoms with Gasteiger partial charge in [0.05, 0.1) is 0 Å². The second kappa shape index (κ2) is 6.88. The number of aromatic nitrogens is 3. The number of amides is 1. The zero-order chi connectivity index (χ0) is 17.2. The highest BCUT2D eigenvalue weighted by Gasteiger charge is 2.27. The Hall–Kier alpha value is -2.34. The summed E-state index contributed by atoms with van der Waals surface area (Å²) < 4.78 is 0. The van der Waals surface area contributed by atoms with Gasteiger partial charge in [0, 0.05) is 62.2 Å². The van der Waals surface area contributed by atoms with E-state index >= 15 is 0 Å². The second-order valence-electron chi connectivity index (χ2n) is 6.97. The summed E-state index contributed by atoms with van der Waals surface area (Å²) >= 11 is 0. The molecule has 1 saturated heterocycles. The Labute approximate surface area is 147 Å². The molecule has 4 heterocycles. The van der Waals surface area contributed by atoms with E-state index in [1.807, 2.05) is 23.2 Å². The lowest BCUT2D eigenvalue weighted by Crippen LogP contribution is -2.38. The normalized spacial score (nSPS) is 18.8. The molecule has 1 fully saturated rings. The molecule has 0 saturated carbocycles. The van der Waals surface area contributed by atoms with E-state index in [0.29, 0.717) is 11.6 Å². The third kappa shape index (κ3) is 3.39. The summed E-state index contributed by atoms with van der Waals surface area (Å²) in [5.74, 6) is 1.32. The number of nitrogens with zero attached hydrogens (tertiary/aromatic N) is 5. The Morgan fingerprint density at radius 1 is 1.16 bits per heavy atom. The van der Waals surface area contributed by atoms with E-state index in [1.165, 1.54) is 11.3 Å². The first-order chi connectivity index (χ1) is 12.2. The van der Waals surface area contributed by atoms with Crippen LogP contribution in [0, 0.1) is 0 Å². The van der Waals surface area contributed by atoms with Gasteiger partial charge in [-0.2, -0.15) is 0 Å². The molecule has 0 spiro atoms. The maximum absolute atomic E-state index is 12.5. The molecule has 4 rings (SSSR count). The highest BCUT2D eigenvalue weighted by atomic mass is 16.2. The second-order valence-corrected chi connectivity index (χ2v) is 6.97. The summed E-state index contributed by atoms with van der Waals surface area (Å²) in [6, 6.07) is 5.46. The lowest BCUT2D eigenvalue weighted by atomic mass is 9.95. The minimum atomic E-state index is 0.0217. The molecule has 2 aliphatic rings. The summed E-state index contributed by atoms with van der Waals surface area (Å²) in [7, 11) is 2.13. The van der Waals surface area contributed by atoms with Crippen LogP contribution in [0.5, 0.6) is 0 Å². The van der Waals surface area contributed by atoms with Crippen LogP contribution in [-0.2, 0) is 13.0 Å². The van der Waals surface area contributed by atoms with Crippen molar-refractivity contribution in [3.8, 4) is 0 Å². The van der Waals surface area contributed by atoms with E-state index in [4.69, 9.17) is 4.98 Å². The van der Waals surface area contributed by atoms with Crippen LogP contribution < -0.4 is 0 Å². The number of likely N-dealkylation sites (N-methyl/N-ethyl adjacent to an activating group) is 1. The van der Waals surface area contributed by atoms with Gasteiger partial charge in [0.2, 0.25) is 0 Å². The Morgan fingerprint density at radius 3 is 2.76 bits per heavy atom. The van der Waals surface area contributed by atoms with E-state index in [0.717, 1.165) is 51.3 Å². The van der Waals surface area contributed by atoms with Crippen molar-refractivity contribution in [1.29, 1.82) is 0 Å². The minimum Gasteiger partial charge on any atom is -0.337 e. The molecule has 0 N–H and O–H groups in total. The van der Waals surface area contributed by atoms with E-state index in [1.54, 1.807) is 12.3 Å². The fourth-order valence-electron chi connectivity index (χ4n) is 3.66. The van der Waals surface area contributed by atoms with Gasteiger partial charge in [-0.05, 0) is 32.0 Å². The summed E-state index contributed by atoms with van der Waals surface area (Å²) in [4.78, 5) is 30.3. The number of piperidine rings is 1. The van der Waals surface area contributed by atoms with Gasteiger partial charge in [-0.1, -0.05) is 6.07 Å². The number of carbonyl (C=O) groups excluding carboxylic acids is 1. The topological polar surface area (TPSA) is 62.2 Å². The number of hydrogen-bond acceptors (Lipinski definition) is 5. The first-order valence-corrected chi connectivity index (χ1v) is 8.94. The van der Waals surface area contributed by atoms with Gasteiger partial charge in [0.15, 0.2) is 0 Å². The van der Waals surface area contributed by atoms with Crippen molar-refractivity contribution >= 4 is 5.91 Å². The zero-order valence-electron chi connectivity index (χ0n) is 14.6. The van der Waals surface area contributed by atoms with Crippen molar-refractivity contribution in [2.75, 3.05) is 26.7 Å². The molecule has 0 unspecified atom stereocenters. The Morgan fingerprint density at radius 2 is 2.00 bits per heavy atom. The average Bonchev–Trinajstić information content (AvgIpc) is 2.68. The van der Waals surface area contributed by atoms with Crippen LogP contribution in [0.25, 0.3) is 0 Å². The highest BCUT2D eigenvalue weighted by molar-refractivity contribution is 5.92. The third-order valence-electron chi connectivity index (χ3n) is 5.17. The molecule has 0 radical (unpaired) electrons. The zero-order valence-corrected chi connectivity index (χ0v) is 14.6. The van der Waals surface area contributed by atoms with Gasteiger partial charge in [-0.25, -0.2) is 9.97 Å². The van der Waals surface area contributed by atoms with Gasteiger partial charge in [0.1, 0.15) is 11.5 Å². The smallest absolute Gasteiger partial charge is 0.272 e. The molecule has 6 nitrogen and oxygen atoms in total. The number of carbonyl (C=O) groups is 1. The summed E-state index contributed by atoms with van der Waals surface area (Å²) in [5, 5.41) is 0. The highest BCUT2D eigenvalue weighted by Crippen LogP contribution is 2.27.